The van der Waals surface area contributed by atoms with Crippen molar-refractivity contribution in [2.75, 3.05) is 6.54 Å². The molecular formula is C16H28N2O. The van der Waals surface area contributed by atoms with Crippen molar-refractivity contribution in [1.82, 2.24) is 10.2 Å². The molecule has 1 aromatic rings. The van der Waals surface area contributed by atoms with E-state index < -0.39 is 0 Å². The Labute approximate surface area is 117 Å². The Hall–Kier alpha value is -0.800. The zero-order valence-electron chi connectivity index (χ0n) is 12.6. The highest BCUT2D eigenvalue weighted by Gasteiger charge is 2.32. The summed E-state index contributed by atoms with van der Waals surface area (Å²) >= 11 is 0. The fraction of sp³-hybridized carbons (Fsp3) is 0.750. The first kappa shape index (κ1) is 14.6. The van der Waals surface area contributed by atoms with Crippen LogP contribution >= 0.6 is 0 Å². The molecule has 1 saturated carbocycles. The number of furan rings is 1. The lowest BCUT2D eigenvalue weighted by atomic mass is 10.1. The van der Waals surface area contributed by atoms with E-state index >= 15 is 0 Å². The first-order chi connectivity index (χ1) is 9.16. The highest BCUT2D eigenvalue weighted by atomic mass is 16.3. The molecule has 1 N–H and O–H groups in total. The Balaban J connectivity index is 1.75. The lowest BCUT2D eigenvalue weighted by Gasteiger charge is -2.28. The second-order valence-corrected chi connectivity index (χ2v) is 6.08. The van der Waals surface area contributed by atoms with Gasteiger partial charge >= 0.3 is 0 Å². The zero-order chi connectivity index (χ0) is 13.7. The lowest BCUT2D eigenvalue weighted by Crippen LogP contribution is -2.35. The minimum Gasteiger partial charge on any atom is -0.468 e. The van der Waals surface area contributed by atoms with Gasteiger partial charge in [-0.05, 0) is 51.3 Å². The van der Waals surface area contributed by atoms with Crippen LogP contribution in [0.25, 0.3) is 0 Å². The lowest BCUT2D eigenvalue weighted by molar-refractivity contribution is 0.164. The van der Waals surface area contributed by atoms with Crippen LogP contribution < -0.4 is 5.32 Å². The first-order valence-corrected chi connectivity index (χ1v) is 7.68. The molecule has 1 aliphatic carbocycles. The third-order valence-corrected chi connectivity index (χ3v) is 3.85. The normalized spacial score (nSPS) is 17.3. The monoisotopic (exact) mass is 264 g/mol. The van der Waals surface area contributed by atoms with Gasteiger partial charge in [-0.15, -0.1) is 0 Å². The van der Waals surface area contributed by atoms with Crippen molar-refractivity contribution in [3.63, 3.8) is 0 Å². The fourth-order valence-electron chi connectivity index (χ4n) is 2.59. The molecule has 0 radical (unpaired) electrons. The van der Waals surface area contributed by atoms with E-state index in [9.17, 15) is 0 Å². The molecule has 0 aromatic carbocycles. The van der Waals surface area contributed by atoms with Crippen LogP contribution in [0.5, 0.6) is 0 Å². The van der Waals surface area contributed by atoms with Gasteiger partial charge in [0.05, 0.1) is 12.8 Å². The molecule has 1 unspecified atom stereocenters. The molecule has 1 heterocycles. The maximum Gasteiger partial charge on any atom is 0.117 e. The van der Waals surface area contributed by atoms with Crippen molar-refractivity contribution >= 4 is 0 Å². The van der Waals surface area contributed by atoms with Crippen molar-refractivity contribution in [2.24, 2.45) is 0 Å². The average Bonchev–Trinajstić information content (AvgIpc) is 3.08. The molecule has 19 heavy (non-hydrogen) atoms. The largest absolute Gasteiger partial charge is 0.468 e. The summed E-state index contributed by atoms with van der Waals surface area (Å²) in [5.41, 5.74) is 0. The van der Waals surface area contributed by atoms with Gasteiger partial charge in [-0.1, -0.05) is 13.8 Å². The second-order valence-electron chi connectivity index (χ2n) is 6.08. The maximum atomic E-state index is 5.50. The van der Waals surface area contributed by atoms with Gasteiger partial charge in [0, 0.05) is 18.1 Å². The number of nitrogens with one attached hydrogen (secondary N) is 1. The Kier molecular flexibility index (Phi) is 5.46. The molecule has 0 aliphatic heterocycles. The van der Waals surface area contributed by atoms with E-state index in [-0.39, 0.29) is 0 Å². The minimum atomic E-state index is 0.595. The highest BCUT2D eigenvalue weighted by Crippen LogP contribution is 2.31. The molecule has 1 aliphatic rings. The van der Waals surface area contributed by atoms with E-state index in [0.717, 1.165) is 24.9 Å². The van der Waals surface area contributed by atoms with Crippen LogP contribution in [0.1, 0.15) is 52.2 Å². The quantitative estimate of drug-likeness (QED) is 0.693. The fourth-order valence-corrected chi connectivity index (χ4v) is 2.59. The van der Waals surface area contributed by atoms with E-state index in [1.54, 1.807) is 6.26 Å². The van der Waals surface area contributed by atoms with Crippen LogP contribution in [0.3, 0.4) is 0 Å². The van der Waals surface area contributed by atoms with E-state index in [1.807, 2.05) is 6.07 Å². The van der Waals surface area contributed by atoms with Crippen LogP contribution in [0.2, 0.25) is 0 Å². The standard InChI is InChI=1S/C16H28N2O/c1-13(2)17-10-4-6-14(3)18(15-8-9-15)12-16-7-5-11-19-16/h5,7,11,13-15,17H,4,6,8-10,12H2,1-3H3. The summed E-state index contributed by atoms with van der Waals surface area (Å²) in [6.45, 7) is 8.86. The predicted octanol–water partition coefficient (Wildman–Crippen LogP) is 3.41. The second kappa shape index (κ2) is 7.11. The molecule has 1 atom stereocenters. The summed E-state index contributed by atoms with van der Waals surface area (Å²) in [6, 6.07) is 6.10. The van der Waals surface area contributed by atoms with Crippen molar-refractivity contribution in [1.29, 1.82) is 0 Å². The van der Waals surface area contributed by atoms with Crippen LogP contribution in [0.4, 0.5) is 0 Å². The number of hydrogen-bond donors (Lipinski definition) is 1. The third-order valence-electron chi connectivity index (χ3n) is 3.85. The van der Waals surface area contributed by atoms with Gasteiger partial charge in [0.25, 0.3) is 0 Å². The Morgan fingerprint density at radius 3 is 2.74 bits per heavy atom. The van der Waals surface area contributed by atoms with Gasteiger partial charge in [0.2, 0.25) is 0 Å². The Morgan fingerprint density at radius 1 is 1.37 bits per heavy atom. The van der Waals surface area contributed by atoms with Crippen LogP contribution in [-0.2, 0) is 6.54 Å². The minimum absolute atomic E-state index is 0.595. The van der Waals surface area contributed by atoms with Gasteiger partial charge < -0.3 is 9.73 Å². The average molecular weight is 264 g/mol. The summed E-state index contributed by atoms with van der Waals surface area (Å²) in [5, 5.41) is 3.49. The predicted molar refractivity (Wildman–Crippen MR) is 79.1 cm³/mol. The number of nitrogens with zero attached hydrogens (tertiary/aromatic N) is 1. The van der Waals surface area contributed by atoms with Crippen LogP contribution in [-0.4, -0.2) is 29.6 Å². The number of rotatable bonds is 9. The molecule has 0 bridgehead atoms. The molecule has 2 rings (SSSR count). The Morgan fingerprint density at radius 2 is 2.16 bits per heavy atom. The molecule has 3 nitrogen and oxygen atoms in total. The molecular weight excluding hydrogens is 236 g/mol. The van der Waals surface area contributed by atoms with Crippen molar-refractivity contribution in [3.8, 4) is 0 Å². The Bertz CT molecular complexity index is 344. The topological polar surface area (TPSA) is 28.4 Å². The summed E-state index contributed by atoms with van der Waals surface area (Å²) in [6.07, 6.45) is 7.00. The van der Waals surface area contributed by atoms with Crippen LogP contribution in [0.15, 0.2) is 22.8 Å². The summed E-state index contributed by atoms with van der Waals surface area (Å²) in [4.78, 5) is 2.62. The molecule has 1 fully saturated rings. The molecule has 1 aromatic heterocycles. The van der Waals surface area contributed by atoms with Gasteiger partial charge in [-0.2, -0.15) is 0 Å². The van der Waals surface area contributed by atoms with Gasteiger partial charge in [-0.25, -0.2) is 0 Å². The third kappa shape index (κ3) is 5.00. The molecule has 0 saturated heterocycles. The first-order valence-electron chi connectivity index (χ1n) is 7.68. The van der Waals surface area contributed by atoms with Crippen molar-refractivity contribution in [2.45, 2.75) is 71.1 Å². The van der Waals surface area contributed by atoms with Crippen LogP contribution in [0, 0.1) is 0 Å². The molecule has 108 valence electrons. The summed E-state index contributed by atoms with van der Waals surface area (Å²) in [5.74, 6) is 1.10. The van der Waals surface area contributed by atoms with E-state index in [0.29, 0.717) is 12.1 Å². The molecule has 0 spiro atoms. The van der Waals surface area contributed by atoms with E-state index in [2.05, 4.69) is 37.1 Å². The van der Waals surface area contributed by atoms with Gasteiger partial charge in [-0.3, -0.25) is 4.90 Å². The van der Waals surface area contributed by atoms with Crippen molar-refractivity contribution in [3.05, 3.63) is 24.2 Å². The molecule has 0 amide bonds. The maximum absolute atomic E-state index is 5.50. The SMILES string of the molecule is CC(C)NCCCC(C)N(Cc1ccco1)C1CC1. The highest BCUT2D eigenvalue weighted by molar-refractivity contribution is 5.00. The van der Waals surface area contributed by atoms with Crippen molar-refractivity contribution < 1.29 is 4.42 Å². The molecule has 3 heteroatoms. The zero-order valence-corrected chi connectivity index (χ0v) is 12.6. The van der Waals surface area contributed by atoms with Gasteiger partial charge in [0.1, 0.15) is 5.76 Å². The van der Waals surface area contributed by atoms with E-state index in [1.165, 1.54) is 25.7 Å². The van der Waals surface area contributed by atoms with Gasteiger partial charge in [0.15, 0.2) is 0 Å². The smallest absolute Gasteiger partial charge is 0.117 e. The summed E-state index contributed by atoms with van der Waals surface area (Å²) < 4.78 is 5.50. The number of hydrogen-bond acceptors (Lipinski definition) is 3. The summed E-state index contributed by atoms with van der Waals surface area (Å²) in [7, 11) is 0. The van der Waals surface area contributed by atoms with E-state index in [4.69, 9.17) is 4.42 Å².